The van der Waals surface area contributed by atoms with E-state index in [-0.39, 0.29) is 0 Å². The first-order valence-electron chi connectivity index (χ1n) is 11.0. The second-order valence-corrected chi connectivity index (χ2v) is 9.92. The summed E-state index contributed by atoms with van der Waals surface area (Å²) >= 11 is 3.28. The van der Waals surface area contributed by atoms with E-state index in [1.54, 1.807) is 36.8 Å². The van der Waals surface area contributed by atoms with E-state index < -0.39 is 0 Å². The molecule has 35 heavy (non-hydrogen) atoms. The minimum atomic E-state index is 0.617. The molecule has 5 aromatic rings. The number of methoxy groups -OCH3 is 1. The van der Waals surface area contributed by atoms with Gasteiger partial charge in [0.1, 0.15) is 17.9 Å². The predicted molar refractivity (Wildman–Crippen MR) is 143 cm³/mol. The van der Waals surface area contributed by atoms with E-state index in [2.05, 4.69) is 68.6 Å². The number of fused-ring (bicyclic) bond motifs is 1. The lowest BCUT2D eigenvalue weighted by Crippen LogP contribution is -1.99. The zero-order chi connectivity index (χ0) is 24.0. The average molecular weight is 498 g/mol. The second-order valence-electron chi connectivity index (χ2n) is 7.83. The van der Waals surface area contributed by atoms with E-state index in [1.807, 2.05) is 36.4 Å². The molecule has 174 valence electrons. The first-order chi connectivity index (χ1) is 17.2. The zero-order valence-electron chi connectivity index (χ0n) is 19.3. The third-order valence-electron chi connectivity index (χ3n) is 5.17. The molecule has 0 unspecified atom stereocenters. The molecule has 0 spiro atoms. The molecule has 5 rings (SSSR count). The maximum absolute atomic E-state index is 5.35. The number of rotatable bonds is 8. The van der Waals surface area contributed by atoms with Gasteiger partial charge in [-0.15, -0.1) is 0 Å². The van der Waals surface area contributed by atoms with Crippen molar-refractivity contribution in [1.29, 1.82) is 0 Å². The van der Waals surface area contributed by atoms with E-state index in [0.29, 0.717) is 16.6 Å². The van der Waals surface area contributed by atoms with Gasteiger partial charge in [-0.25, -0.2) is 19.9 Å². The zero-order valence-corrected chi connectivity index (χ0v) is 20.9. The Bertz CT molecular complexity index is 1460. The normalized spacial score (nSPS) is 10.9. The van der Waals surface area contributed by atoms with Crippen LogP contribution in [-0.4, -0.2) is 27.0 Å². The lowest BCUT2D eigenvalue weighted by molar-refractivity contribution is 0.413. The van der Waals surface area contributed by atoms with Gasteiger partial charge in [0.05, 0.1) is 12.5 Å². The number of aryl methyl sites for hydroxylation is 1. The lowest BCUT2D eigenvalue weighted by atomic mass is 10.2. The molecular formula is C27H23N5OS2. The number of thioether (sulfide) groups is 1. The van der Waals surface area contributed by atoms with Gasteiger partial charge in [-0.05, 0) is 54.4 Å². The Hall–Kier alpha value is -3.62. The Labute approximate surface area is 212 Å². The first-order valence-corrected chi connectivity index (χ1v) is 12.8. The van der Waals surface area contributed by atoms with Crippen molar-refractivity contribution < 1.29 is 4.74 Å². The number of ether oxygens (including phenoxy) is 1. The van der Waals surface area contributed by atoms with Crippen LogP contribution in [0.5, 0.6) is 5.75 Å². The van der Waals surface area contributed by atoms with Gasteiger partial charge in [0.2, 0.25) is 0 Å². The number of nitrogens with one attached hydrogen (secondary N) is 1. The van der Waals surface area contributed by atoms with Crippen LogP contribution in [0.3, 0.4) is 0 Å². The van der Waals surface area contributed by atoms with E-state index in [1.165, 1.54) is 11.9 Å². The van der Waals surface area contributed by atoms with E-state index >= 15 is 0 Å². The molecule has 0 radical (unpaired) electrons. The van der Waals surface area contributed by atoms with E-state index in [4.69, 9.17) is 4.74 Å². The van der Waals surface area contributed by atoms with Crippen LogP contribution in [0.4, 0.5) is 11.5 Å². The molecule has 0 atom stereocenters. The smallest absolute Gasteiger partial charge is 0.189 e. The molecule has 0 aliphatic heterocycles. The minimum absolute atomic E-state index is 0.617. The van der Waals surface area contributed by atoms with Crippen molar-refractivity contribution in [1.82, 2.24) is 19.9 Å². The largest absolute Gasteiger partial charge is 0.497 e. The molecule has 2 aromatic heterocycles. The molecule has 8 heteroatoms. The van der Waals surface area contributed by atoms with Gasteiger partial charge in [-0.2, -0.15) is 0 Å². The monoisotopic (exact) mass is 497 g/mol. The van der Waals surface area contributed by atoms with Crippen LogP contribution < -0.4 is 10.1 Å². The Kier molecular flexibility index (Phi) is 7.11. The van der Waals surface area contributed by atoms with Crippen LogP contribution in [0, 0.1) is 6.92 Å². The third kappa shape index (κ3) is 5.90. The van der Waals surface area contributed by atoms with Crippen LogP contribution in [0.2, 0.25) is 0 Å². The summed E-state index contributed by atoms with van der Waals surface area (Å²) in [5.74, 6) is 2.33. The fourth-order valence-corrected chi connectivity index (χ4v) is 5.33. The summed E-state index contributed by atoms with van der Waals surface area (Å²) in [5.41, 5.74) is 3.94. The highest BCUT2D eigenvalue weighted by atomic mass is 32.2. The molecule has 0 saturated carbocycles. The molecule has 0 amide bonds. The molecule has 0 aliphatic rings. The number of aromatic nitrogens is 4. The van der Waals surface area contributed by atoms with Crippen LogP contribution in [0.1, 0.15) is 11.1 Å². The molecule has 0 bridgehead atoms. The highest BCUT2D eigenvalue weighted by molar-refractivity contribution is 7.99. The quantitative estimate of drug-likeness (QED) is 0.183. The van der Waals surface area contributed by atoms with Crippen molar-refractivity contribution >= 4 is 46.1 Å². The van der Waals surface area contributed by atoms with Gasteiger partial charge in [-0.3, -0.25) is 0 Å². The number of anilines is 2. The lowest BCUT2D eigenvalue weighted by Gasteiger charge is -2.11. The van der Waals surface area contributed by atoms with Crippen molar-refractivity contribution in [2.75, 3.05) is 12.4 Å². The summed E-state index contributed by atoms with van der Waals surface area (Å²) in [6, 6.07) is 24.7. The van der Waals surface area contributed by atoms with Crippen molar-refractivity contribution in [2.45, 2.75) is 27.6 Å². The summed E-state index contributed by atoms with van der Waals surface area (Å²) in [6.45, 7) is 2.08. The minimum Gasteiger partial charge on any atom is -0.497 e. The molecule has 0 saturated heterocycles. The van der Waals surface area contributed by atoms with Crippen LogP contribution in [-0.2, 0) is 5.75 Å². The fraction of sp³-hybridized carbons (Fsp3) is 0.111. The second kappa shape index (κ2) is 10.8. The first kappa shape index (κ1) is 23.1. The number of hydrogen-bond acceptors (Lipinski definition) is 8. The van der Waals surface area contributed by atoms with Crippen molar-refractivity contribution in [2.24, 2.45) is 0 Å². The third-order valence-corrected chi connectivity index (χ3v) is 7.06. The predicted octanol–water partition coefficient (Wildman–Crippen LogP) is 6.92. The molecule has 0 fully saturated rings. The number of hydrogen-bond donors (Lipinski definition) is 1. The summed E-state index contributed by atoms with van der Waals surface area (Å²) in [5, 5.41) is 4.91. The number of nitrogens with zero attached hydrogens (tertiary/aromatic N) is 4. The van der Waals surface area contributed by atoms with Crippen molar-refractivity contribution in [3.8, 4) is 5.75 Å². The summed E-state index contributed by atoms with van der Waals surface area (Å²) in [7, 11) is 1.68. The van der Waals surface area contributed by atoms with Crippen LogP contribution in [0.15, 0.2) is 100 Å². The van der Waals surface area contributed by atoms with Crippen molar-refractivity contribution in [3.63, 3.8) is 0 Å². The van der Waals surface area contributed by atoms with Gasteiger partial charge < -0.3 is 10.1 Å². The average Bonchev–Trinajstić information content (AvgIpc) is 2.88. The summed E-state index contributed by atoms with van der Waals surface area (Å²) in [4.78, 5) is 20.3. The van der Waals surface area contributed by atoms with E-state index in [9.17, 15) is 0 Å². The van der Waals surface area contributed by atoms with Gasteiger partial charge in [0, 0.05) is 27.4 Å². The number of benzene rings is 3. The standard InChI is InChI=1S/C27H23N5OS2/c1-18-11-20(13-23(12-18)35-22-10-6-9-21(14-22)33-2)31-25-24-15-28-27(32-26(24)30-17-29-25)34-16-19-7-4-3-5-8-19/h3-15,17H,16H2,1-2H3,(H,28,29,30,31,32). The molecule has 1 N–H and O–H groups in total. The van der Waals surface area contributed by atoms with Gasteiger partial charge >= 0.3 is 0 Å². The van der Waals surface area contributed by atoms with Crippen LogP contribution in [0.25, 0.3) is 11.0 Å². The van der Waals surface area contributed by atoms with Crippen molar-refractivity contribution in [3.05, 3.63) is 96.4 Å². The maximum atomic E-state index is 5.35. The maximum Gasteiger partial charge on any atom is 0.189 e. The molecule has 3 aromatic carbocycles. The highest BCUT2D eigenvalue weighted by Crippen LogP contribution is 2.33. The highest BCUT2D eigenvalue weighted by Gasteiger charge is 2.10. The molecular weight excluding hydrogens is 474 g/mol. The topological polar surface area (TPSA) is 72.8 Å². The molecule has 6 nitrogen and oxygen atoms in total. The Morgan fingerprint density at radius 3 is 2.63 bits per heavy atom. The Morgan fingerprint density at radius 2 is 1.77 bits per heavy atom. The summed E-state index contributed by atoms with van der Waals surface area (Å²) < 4.78 is 5.35. The Morgan fingerprint density at radius 1 is 0.886 bits per heavy atom. The van der Waals surface area contributed by atoms with Gasteiger partial charge in [0.15, 0.2) is 10.8 Å². The Balaban J connectivity index is 1.36. The van der Waals surface area contributed by atoms with E-state index in [0.717, 1.165) is 37.9 Å². The van der Waals surface area contributed by atoms with Gasteiger partial charge in [0.25, 0.3) is 0 Å². The summed E-state index contributed by atoms with van der Waals surface area (Å²) in [6.07, 6.45) is 3.32. The SMILES string of the molecule is COc1cccc(Sc2cc(C)cc(Nc3ncnc4nc(SCc5ccccc5)ncc34)c2)c1. The van der Waals surface area contributed by atoms with Crippen LogP contribution >= 0.6 is 23.5 Å². The van der Waals surface area contributed by atoms with Gasteiger partial charge in [-0.1, -0.05) is 59.9 Å². The molecule has 2 heterocycles. The molecule has 0 aliphatic carbocycles. The fourth-order valence-electron chi connectivity index (χ4n) is 3.54.